The van der Waals surface area contributed by atoms with Crippen LogP contribution in [0.15, 0.2) is 36.7 Å². The molecule has 1 N–H and O–H groups in total. The van der Waals surface area contributed by atoms with Crippen LogP contribution in [0.4, 0.5) is 10.5 Å². The van der Waals surface area contributed by atoms with Crippen molar-refractivity contribution in [2.75, 3.05) is 18.5 Å². The molecule has 0 bridgehead atoms. The van der Waals surface area contributed by atoms with E-state index >= 15 is 0 Å². The summed E-state index contributed by atoms with van der Waals surface area (Å²) in [6.45, 7) is 4.60. The molecule has 1 aromatic carbocycles. The number of nitrogens with one attached hydrogen (secondary N) is 1. The fourth-order valence-electron chi connectivity index (χ4n) is 1.81. The van der Waals surface area contributed by atoms with E-state index in [2.05, 4.69) is 15.3 Å². The predicted octanol–water partition coefficient (Wildman–Crippen LogP) is 3.02. The number of aromatic nitrogens is 2. The van der Waals surface area contributed by atoms with Gasteiger partial charge in [0.05, 0.1) is 13.2 Å². The molecule has 1 aromatic heterocycles. The van der Waals surface area contributed by atoms with Crippen molar-refractivity contribution >= 4 is 11.8 Å². The van der Waals surface area contributed by atoms with Crippen LogP contribution in [0, 0.1) is 0 Å². The third-order valence-corrected chi connectivity index (χ3v) is 2.78. The quantitative estimate of drug-likeness (QED) is 0.845. The van der Waals surface area contributed by atoms with Gasteiger partial charge in [0.2, 0.25) is 11.8 Å². The number of carbonyl (C=O) groups excluding carboxylic acids is 1. The summed E-state index contributed by atoms with van der Waals surface area (Å²) in [7, 11) is 0. The van der Waals surface area contributed by atoms with Gasteiger partial charge >= 0.3 is 6.09 Å². The van der Waals surface area contributed by atoms with Crippen molar-refractivity contribution in [2.24, 2.45) is 0 Å². The molecule has 7 nitrogen and oxygen atoms in total. The second-order valence-electron chi connectivity index (χ2n) is 4.41. The Morgan fingerprint density at radius 3 is 2.22 bits per heavy atom. The Kier molecular flexibility index (Phi) is 6.17. The third kappa shape index (κ3) is 4.84. The number of carbonyl (C=O) groups is 1. The van der Waals surface area contributed by atoms with Gasteiger partial charge in [0.15, 0.2) is 5.69 Å². The van der Waals surface area contributed by atoms with Crippen LogP contribution in [0.3, 0.4) is 0 Å². The smallest absolute Gasteiger partial charge is 0.412 e. The number of ether oxygens (including phenoxy) is 3. The average Bonchev–Trinajstić information content (AvgIpc) is 2.57. The average molecular weight is 317 g/mol. The van der Waals surface area contributed by atoms with Gasteiger partial charge in [0.1, 0.15) is 12.9 Å². The van der Waals surface area contributed by atoms with Gasteiger partial charge in [-0.1, -0.05) is 30.3 Å². The van der Waals surface area contributed by atoms with Crippen molar-refractivity contribution in [3.63, 3.8) is 0 Å². The molecule has 0 aliphatic rings. The molecular formula is C16H19N3O4. The molecule has 0 saturated heterocycles. The Hall–Kier alpha value is -2.83. The second-order valence-corrected chi connectivity index (χ2v) is 4.41. The number of nitrogens with zero attached hydrogens (tertiary/aromatic N) is 2. The van der Waals surface area contributed by atoms with Gasteiger partial charge in [-0.05, 0) is 19.4 Å². The highest BCUT2D eigenvalue weighted by molar-refractivity contribution is 5.88. The van der Waals surface area contributed by atoms with Gasteiger partial charge in [0, 0.05) is 0 Å². The van der Waals surface area contributed by atoms with Gasteiger partial charge < -0.3 is 14.2 Å². The van der Waals surface area contributed by atoms with E-state index in [1.54, 1.807) is 0 Å². The first kappa shape index (κ1) is 16.5. The van der Waals surface area contributed by atoms with Gasteiger partial charge in [-0.3, -0.25) is 5.32 Å². The molecule has 2 rings (SSSR count). The van der Waals surface area contributed by atoms with Crippen molar-refractivity contribution in [1.29, 1.82) is 0 Å². The first-order valence-electron chi connectivity index (χ1n) is 7.32. The minimum Gasteiger partial charge on any atom is -0.476 e. The topological polar surface area (TPSA) is 82.6 Å². The lowest BCUT2D eigenvalue weighted by molar-refractivity contribution is 0.154. The molecule has 0 unspecified atom stereocenters. The van der Waals surface area contributed by atoms with E-state index < -0.39 is 6.09 Å². The number of benzene rings is 1. The van der Waals surface area contributed by atoms with Crippen molar-refractivity contribution in [1.82, 2.24) is 9.97 Å². The molecule has 122 valence electrons. The van der Waals surface area contributed by atoms with Crippen LogP contribution >= 0.6 is 0 Å². The maximum atomic E-state index is 12.0. The van der Waals surface area contributed by atoms with Crippen LogP contribution in [0.2, 0.25) is 0 Å². The molecule has 2 aromatic rings. The number of anilines is 1. The summed E-state index contributed by atoms with van der Waals surface area (Å²) in [6, 6.07) is 9.39. The van der Waals surface area contributed by atoms with Crippen LogP contribution in [0.5, 0.6) is 11.8 Å². The van der Waals surface area contributed by atoms with Crippen molar-refractivity contribution in [3.8, 4) is 11.8 Å². The Morgan fingerprint density at radius 2 is 1.65 bits per heavy atom. The highest BCUT2D eigenvalue weighted by Gasteiger charge is 2.17. The van der Waals surface area contributed by atoms with Crippen LogP contribution < -0.4 is 14.8 Å². The highest BCUT2D eigenvalue weighted by atomic mass is 16.5. The Balaban J connectivity index is 2.06. The minimum absolute atomic E-state index is 0.161. The maximum absolute atomic E-state index is 12.0. The lowest BCUT2D eigenvalue weighted by Crippen LogP contribution is -2.16. The summed E-state index contributed by atoms with van der Waals surface area (Å²) in [5.74, 6) is 0.477. The zero-order valence-electron chi connectivity index (χ0n) is 13.1. The van der Waals surface area contributed by atoms with Gasteiger partial charge in [-0.15, -0.1) is 0 Å². The highest BCUT2D eigenvalue weighted by Crippen LogP contribution is 2.30. The molecule has 7 heteroatoms. The lowest BCUT2D eigenvalue weighted by atomic mass is 10.2. The second kappa shape index (κ2) is 8.57. The van der Waals surface area contributed by atoms with Gasteiger partial charge in [-0.25, -0.2) is 4.79 Å². The largest absolute Gasteiger partial charge is 0.476 e. The molecule has 0 saturated carbocycles. The zero-order chi connectivity index (χ0) is 16.5. The molecule has 0 spiro atoms. The number of rotatable bonds is 7. The lowest BCUT2D eigenvalue weighted by Gasteiger charge is -2.13. The van der Waals surface area contributed by atoms with E-state index in [1.807, 2.05) is 44.2 Å². The monoisotopic (exact) mass is 317 g/mol. The molecule has 0 fully saturated rings. The van der Waals surface area contributed by atoms with Crippen molar-refractivity contribution in [3.05, 3.63) is 42.2 Å². The van der Waals surface area contributed by atoms with Gasteiger partial charge in [0.25, 0.3) is 0 Å². The fraction of sp³-hybridized carbons (Fsp3) is 0.312. The molecule has 0 atom stereocenters. The first-order chi connectivity index (χ1) is 11.2. The summed E-state index contributed by atoms with van der Waals surface area (Å²) >= 11 is 0. The van der Waals surface area contributed by atoms with Crippen LogP contribution in [0.1, 0.15) is 19.4 Å². The van der Waals surface area contributed by atoms with Crippen LogP contribution in [-0.4, -0.2) is 29.3 Å². The standard InChI is InChI=1S/C16H19N3O4/c1-3-21-14-13(15(22-4-2)18-11-17-14)19-16(20)23-10-12-8-6-5-7-9-12/h5-9,11H,3-4,10H2,1-2H3,(H,19,20). The fourth-order valence-corrected chi connectivity index (χ4v) is 1.81. The normalized spacial score (nSPS) is 10.0. The summed E-state index contributed by atoms with van der Waals surface area (Å²) in [5, 5.41) is 2.58. The van der Waals surface area contributed by atoms with E-state index in [4.69, 9.17) is 14.2 Å². The Bertz CT molecular complexity index is 610. The maximum Gasteiger partial charge on any atom is 0.412 e. The molecule has 0 radical (unpaired) electrons. The summed E-state index contributed by atoms with van der Waals surface area (Å²) in [4.78, 5) is 20.0. The van der Waals surface area contributed by atoms with Crippen molar-refractivity contribution < 1.29 is 19.0 Å². The third-order valence-electron chi connectivity index (χ3n) is 2.78. The first-order valence-corrected chi connectivity index (χ1v) is 7.32. The minimum atomic E-state index is -0.634. The summed E-state index contributed by atoms with van der Waals surface area (Å²) in [5.41, 5.74) is 1.15. The molecule has 0 aliphatic carbocycles. The van der Waals surface area contributed by atoms with Crippen LogP contribution in [0.25, 0.3) is 0 Å². The predicted molar refractivity (Wildman–Crippen MR) is 84.6 cm³/mol. The van der Waals surface area contributed by atoms with Crippen molar-refractivity contribution in [2.45, 2.75) is 20.5 Å². The Labute approximate surface area is 134 Å². The molecule has 23 heavy (non-hydrogen) atoms. The van der Waals surface area contributed by atoms with E-state index in [0.29, 0.717) is 13.2 Å². The Morgan fingerprint density at radius 1 is 1.04 bits per heavy atom. The molecule has 1 amide bonds. The molecule has 1 heterocycles. The van der Waals surface area contributed by atoms with E-state index in [0.717, 1.165) is 5.56 Å². The SMILES string of the molecule is CCOc1ncnc(OCC)c1NC(=O)OCc1ccccc1. The zero-order valence-corrected chi connectivity index (χ0v) is 13.1. The van der Waals surface area contributed by atoms with Gasteiger partial charge in [-0.2, -0.15) is 9.97 Å². The number of hydrogen-bond acceptors (Lipinski definition) is 6. The van der Waals surface area contributed by atoms with E-state index in [9.17, 15) is 4.79 Å². The molecular weight excluding hydrogens is 298 g/mol. The van der Waals surface area contributed by atoms with Crippen LogP contribution in [-0.2, 0) is 11.3 Å². The number of hydrogen-bond donors (Lipinski definition) is 1. The summed E-state index contributed by atoms with van der Waals surface area (Å²) in [6.07, 6.45) is 0.682. The van der Waals surface area contributed by atoms with E-state index in [1.165, 1.54) is 6.33 Å². The molecule has 0 aliphatic heterocycles. The number of amides is 1. The summed E-state index contributed by atoms with van der Waals surface area (Å²) < 4.78 is 16.0. The van der Waals surface area contributed by atoms with E-state index in [-0.39, 0.29) is 24.1 Å².